The van der Waals surface area contributed by atoms with E-state index in [1.165, 1.54) is 19.1 Å². The first kappa shape index (κ1) is 19.9. The Bertz CT molecular complexity index is 1140. The number of anilines is 1. The van der Waals surface area contributed by atoms with Gasteiger partial charge in [-0.25, -0.2) is 4.39 Å². The molecule has 0 spiro atoms. The van der Waals surface area contributed by atoms with Gasteiger partial charge in [0.05, 0.1) is 27.9 Å². The van der Waals surface area contributed by atoms with E-state index < -0.39 is 5.82 Å². The van der Waals surface area contributed by atoms with E-state index in [0.29, 0.717) is 38.7 Å². The molecule has 0 fully saturated rings. The molecule has 0 saturated carbocycles. The number of benzene rings is 2. The van der Waals surface area contributed by atoms with Crippen LogP contribution in [0.25, 0.3) is 11.0 Å². The number of fused-ring (bicyclic) bond motifs is 1. The molecule has 0 atom stereocenters. The molecule has 0 bridgehead atoms. The molecule has 0 aliphatic heterocycles. The highest BCUT2D eigenvalue weighted by Crippen LogP contribution is 2.41. The topological polar surface area (TPSA) is 83.6 Å². The van der Waals surface area contributed by atoms with Gasteiger partial charge in [0.15, 0.2) is 23.0 Å². The van der Waals surface area contributed by atoms with Gasteiger partial charge in [-0.1, -0.05) is 11.2 Å². The average molecular weight is 430 g/mol. The Morgan fingerprint density at radius 1 is 1.13 bits per heavy atom. The summed E-state index contributed by atoms with van der Waals surface area (Å²) < 4.78 is 41.4. The summed E-state index contributed by atoms with van der Waals surface area (Å²) in [6, 6.07) is 8.83. The smallest absolute Gasteiger partial charge is 0.191 e. The number of aromatic nitrogens is 3. The first-order chi connectivity index (χ1) is 14.7. The van der Waals surface area contributed by atoms with Crippen LogP contribution in [0.3, 0.4) is 0 Å². The molecular formula is C20H19FN4O4S. The van der Waals surface area contributed by atoms with E-state index in [4.69, 9.17) is 18.7 Å². The third-order valence-electron chi connectivity index (χ3n) is 4.46. The molecule has 4 rings (SSSR count). The van der Waals surface area contributed by atoms with Crippen molar-refractivity contribution in [1.82, 2.24) is 14.9 Å². The summed E-state index contributed by atoms with van der Waals surface area (Å²) in [5, 5.41) is 8.57. The number of nitrogens with one attached hydrogen (secondary N) is 1. The molecule has 30 heavy (non-hydrogen) atoms. The Labute approximate surface area is 176 Å². The Morgan fingerprint density at radius 2 is 1.90 bits per heavy atom. The summed E-state index contributed by atoms with van der Waals surface area (Å²) in [6.07, 6.45) is 3.38. The maximum Gasteiger partial charge on any atom is 0.191 e. The number of methoxy groups -OCH3 is 3. The third-order valence-corrected chi connectivity index (χ3v) is 5.36. The number of hydrogen-bond acceptors (Lipinski definition) is 8. The summed E-state index contributed by atoms with van der Waals surface area (Å²) in [5.41, 5.74) is 0.773. The number of halogens is 1. The van der Waals surface area contributed by atoms with E-state index in [9.17, 15) is 0 Å². The molecule has 0 amide bonds. The lowest BCUT2D eigenvalue weighted by Crippen LogP contribution is -2.04. The number of nitrogens with zero attached hydrogens (tertiary/aromatic N) is 3. The Morgan fingerprint density at radius 3 is 2.53 bits per heavy atom. The minimum absolute atomic E-state index is 0.0472. The SMILES string of the molecule is COc1cccc(OC)c1SNc1noc2cc(Cn3cccn3)c(F)c(OC)c12. The summed E-state index contributed by atoms with van der Waals surface area (Å²) >= 11 is 1.21. The van der Waals surface area contributed by atoms with Crippen LogP contribution in [0.2, 0.25) is 0 Å². The second-order valence-corrected chi connectivity index (χ2v) is 7.00. The van der Waals surface area contributed by atoms with Crippen molar-refractivity contribution >= 4 is 28.7 Å². The monoisotopic (exact) mass is 430 g/mol. The molecule has 156 valence electrons. The summed E-state index contributed by atoms with van der Waals surface area (Å²) in [5.74, 6) is 1.13. The van der Waals surface area contributed by atoms with Gasteiger partial charge in [0.25, 0.3) is 0 Å². The maximum atomic E-state index is 15.1. The largest absolute Gasteiger partial charge is 0.495 e. The summed E-state index contributed by atoms with van der Waals surface area (Å²) in [6.45, 7) is 0.238. The molecule has 0 unspecified atom stereocenters. The fourth-order valence-electron chi connectivity index (χ4n) is 3.06. The van der Waals surface area contributed by atoms with Crippen molar-refractivity contribution in [3.63, 3.8) is 0 Å². The Hall–Kier alpha value is -3.40. The van der Waals surface area contributed by atoms with Gasteiger partial charge in [-0.05, 0) is 36.2 Å². The first-order valence-corrected chi connectivity index (χ1v) is 9.74. The van der Waals surface area contributed by atoms with Crippen molar-refractivity contribution in [3.8, 4) is 17.2 Å². The van der Waals surface area contributed by atoms with Crippen LogP contribution < -0.4 is 18.9 Å². The maximum absolute atomic E-state index is 15.1. The van der Waals surface area contributed by atoms with Gasteiger partial charge in [-0.3, -0.25) is 4.68 Å². The van der Waals surface area contributed by atoms with Crippen molar-refractivity contribution in [2.24, 2.45) is 0 Å². The van der Waals surface area contributed by atoms with Crippen LogP contribution in [-0.4, -0.2) is 36.3 Å². The molecule has 0 aliphatic rings. The van der Waals surface area contributed by atoms with E-state index >= 15 is 4.39 Å². The minimum atomic E-state index is -0.494. The predicted molar refractivity (Wildman–Crippen MR) is 111 cm³/mol. The summed E-state index contributed by atoms with van der Waals surface area (Å²) in [4.78, 5) is 0.716. The lowest BCUT2D eigenvalue weighted by Gasteiger charge is -2.13. The zero-order chi connectivity index (χ0) is 21.1. The normalized spacial score (nSPS) is 10.9. The first-order valence-electron chi connectivity index (χ1n) is 8.92. The van der Waals surface area contributed by atoms with E-state index in [1.807, 2.05) is 18.2 Å². The lowest BCUT2D eigenvalue weighted by atomic mass is 10.1. The quantitative estimate of drug-likeness (QED) is 0.413. The second-order valence-electron chi connectivity index (χ2n) is 6.19. The minimum Gasteiger partial charge on any atom is -0.495 e. The van der Waals surface area contributed by atoms with Gasteiger partial charge in [-0.2, -0.15) is 5.10 Å². The van der Waals surface area contributed by atoms with E-state index in [2.05, 4.69) is 15.0 Å². The number of ether oxygens (including phenoxy) is 3. The molecule has 10 heteroatoms. The van der Waals surface area contributed by atoms with E-state index in [-0.39, 0.29) is 12.3 Å². The number of hydrogen-bond donors (Lipinski definition) is 1. The average Bonchev–Trinajstić information content (AvgIpc) is 3.42. The van der Waals surface area contributed by atoms with E-state index in [1.54, 1.807) is 43.4 Å². The zero-order valence-electron chi connectivity index (χ0n) is 16.5. The second kappa shape index (κ2) is 8.54. The van der Waals surface area contributed by atoms with Crippen LogP contribution in [0.5, 0.6) is 17.2 Å². The lowest BCUT2D eigenvalue weighted by molar-refractivity contribution is 0.376. The predicted octanol–water partition coefficient (Wildman–Crippen LogP) is 4.36. The molecule has 2 heterocycles. The highest BCUT2D eigenvalue weighted by atomic mass is 32.2. The summed E-state index contributed by atoms with van der Waals surface area (Å²) in [7, 11) is 4.55. The van der Waals surface area contributed by atoms with Gasteiger partial charge >= 0.3 is 0 Å². The fraction of sp³-hybridized carbons (Fsp3) is 0.200. The standard InChI is InChI=1S/C20H19FN4O4S/c1-26-13-6-4-7-14(27-2)19(13)30-24-20-16-15(29-23-20)10-12(17(21)18(16)28-3)11-25-9-5-8-22-25/h4-10H,11H2,1-3H3,(H,23,24). The highest BCUT2D eigenvalue weighted by Gasteiger charge is 2.22. The third kappa shape index (κ3) is 3.61. The Balaban J connectivity index is 1.69. The van der Waals surface area contributed by atoms with Gasteiger partial charge in [0.1, 0.15) is 21.8 Å². The van der Waals surface area contributed by atoms with Crippen LogP contribution >= 0.6 is 11.9 Å². The van der Waals surface area contributed by atoms with Crippen molar-refractivity contribution in [1.29, 1.82) is 0 Å². The molecule has 2 aromatic carbocycles. The zero-order valence-corrected chi connectivity index (χ0v) is 17.3. The van der Waals surface area contributed by atoms with Crippen LogP contribution in [0, 0.1) is 5.82 Å². The van der Waals surface area contributed by atoms with Gasteiger partial charge in [0, 0.05) is 18.0 Å². The van der Waals surface area contributed by atoms with Gasteiger partial charge in [-0.15, -0.1) is 0 Å². The van der Waals surface area contributed by atoms with Crippen LogP contribution in [0.15, 0.2) is 52.1 Å². The molecular weight excluding hydrogens is 411 g/mol. The Kier molecular flexibility index (Phi) is 5.66. The molecule has 8 nitrogen and oxygen atoms in total. The highest BCUT2D eigenvalue weighted by molar-refractivity contribution is 8.00. The number of rotatable bonds is 8. The van der Waals surface area contributed by atoms with Crippen molar-refractivity contribution < 1.29 is 23.1 Å². The van der Waals surface area contributed by atoms with Crippen molar-refractivity contribution in [2.45, 2.75) is 11.4 Å². The van der Waals surface area contributed by atoms with Crippen molar-refractivity contribution in [3.05, 3.63) is 54.1 Å². The fourth-order valence-corrected chi connectivity index (χ4v) is 3.90. The van der Waals surface area contributed by atoms with Crippen LogP contribution in [0.1, 0.15) is 5.56 Å². The van der Waals surface area contributed by atoms with Crippen LogP contribution in [-0.2, 0) is 6.54 Å². The van der Waals surface area contributed by atoms with Crippen molar-refractivity contribution in [2.75, 3.05) is 26.1 Å². The molecule has 2 aromatic heterocycles. The molecule has 4 aromatic rings. The molecule has 0 saturated heterocycles. The molecule has 0 aliphatic carbocycles. The molecule has 0 radical (unpaired) electrons. The molecule has 1 N–H and O–H groups in total. The van der Waals surface area contributed by atoms with E-state index in [0.717, 1.165) is 0 Å². The van der Waals surface area contributed by atoms with Gasteiger partial charge in [0.2, 0.25) is 0 Å². The van der Waals surface area contributed by atoms with Gasteiger partial charge < -0.3 is 23.5 Å². The van der Waals surface area contributed by atoms with Crippen LogP contribution in [0.4, 0.5) is 10.2 Å².